The smallest absolute Gasteiger partial charge is 0.238 e. The van der Waals surface area contributed by atoms with Gasteiger partial charge in [-0.05, 0) is 18.1 Å². The Kier molecular flexibility index (Phi) is 7.03. The normalized spacial score (nSPS) is 10.4. The Morgan fingerprint density at radius 2 is 2.12 bits per heavy atom. The van der Waals surface area contributed by atoms with Crippen molar-refractivity contribution < 1.29 is 4.79 Å². The lowest BCUT2D eigenvalue weighted by atomic mass is 10.2. The molecule has 0 radical (unpaired) electrons. The number of para-hydroxylation sites is 1. The largest absolute Gasteiger partial charge is 0.360 e. The highest BCUT2D eigenvalue weighted by Gasteiger charge is 2.16. The number of aromatic nitrogens is 2. The number of anilines is 2. The zero-order chi connectivity index (χ0) is 17.4. The van der Waals surface area contributed by atoms with E-state index < -0.39 is 0 Å². The summed E-state index contributed by atoms with van der Waals surface area (Å²) in [6, 6.07) is 11.2. The minimum Gasteiger partial charge on any atom is -0.360 e. The molecule has 1 aromatic carbocycles. The number of hydrogen-bond donors (Lipinski definition) is 1. The average Bonchev–Trinajstić information content (AvgIpc) is 3.04. The van der Waals surface area contributed by atoms with Gasteiger partial charge in [-0.3, -0.25) is 9.69 Å². The van der Waals surface area contributed by atoms with Gasteiger partial charge in [-0.2, -0.15) is 5.26 Å². The number of carbonyl (C=O) groups excluding carboxylic acids is 1. The molecule has 126 valence electrons. The number of nitrogens with one attached hydrogen (secondary N) is 1. The number of benzene rings is 1. The van der Waals surface area contributed by atoms with Crippen LogP contribution in [-0.4, -0.2) is 34.9 Å². The van der Waals surface area contributed by atoms with E-state index in [1.807, 2.05) is 36.4 Å². The standard InChI is InChI=1S/C16H19N5OS2/c1-12(2)10-18-15-19-20-16(24-15)23-11-14(22)21(9-8-17)13-6-4-3-5-7-13/h3-7,12H,9-11H2,1-2H3,(H,18,19). The molecule has 0 aliphatic rings. The van der Waals surface area contributed by atoms with E-state index in [9.17, 15) is 4.79 Å². The Labute approximate surface area is 149 Å². The fourth-order valence-corrected chi connectivity index (χ4v) is 3.47. The highest BCUT2D eigenvalue weighted by atomic mass is 32.2. The van der Waals surface area contributed by atoms with Crippen LogP contribution in [0.4, 0.5) is 10.8 Å². The van der Waals surface area contributed by atoms with E-state index in [-0.39, 0.29) is 18.2 Å². The lowest BCUT2D eigenvalue weighted by Gasteiger charge is -2.19. The Hall–Kier alpha value is -2.11. The predicted octanol–water partition coefficient (Wildman–Crippen LogP) is 3.25. The molecule has 8 heteroatoms. The van der Waals surface area contributed by atoms with Crippen molar-refractivity contribution in [1.29, 1.82) is 5.26 Å². The highest BCUT2D eigenvalue weighted by molar-refractivity contribution is 8.01. The predicted molar refractivity (Wildman–Crippen MR) is 98.4 cm³/mol. The molecule has 0 saturated heterocycles. The number of thioether (sulfide) groups is 1. The molecule has 24 heavy (non-hydrogen) atoms. The number of hydrogen-bond acceptors (Lipinski definition) is 7. The summed E-state index contributed by atoms with van der Waals surface area (Å²) in [6.07, 6.45) is 0. The second-order valence-corrected chi connectivity index (χ2v) is 7.61. The Bertz CT molecular complexity index is 696. The average molecular weight is 361 g/mol. The van der Waals surface area contributed by atoms with Crippen molar-refractivity contribution in [3.63, 3.8) is 0 Å². The monoisotopic (exact) mass is 361 g/mol. The van der Waals surface area contributed by atoms with Gasteiger partial charge < -0.3 is 5.32 Å². The summed E-state index contributed by atoms with van der Waals surface area (Å²) in [5.41, 5.74) is 0.723. The van der Waals surface area contributed by atoms with E-state index in [1.165, 1.54) is 28.0 Å². The summed E-state index contributed by atoms with van der Waals surface area (Å²) in [6.45, 7) is 5.11. The third-order valence-corrected chi connectivity index (χ3v) is 4.98. The van der Waals surface area contributed by atoms with Crippen LogP contribution in [0, 0.1) is 17.2 Å². The van der Waals surface area contributed by atoms with E-state index in [0.717, 1.165) is 21.7 Å². The van der Waals surface area contributed by atoms with E-state index in [1.54, 1.807) is 0 Å². The molecule has 2 rings (SSSR count). The van der Waals surface area contributed by atoms with Gasteiger partial charge in [0.05, 0.1) is 11.8 Å². The summed E-state index contributed by atoms with van der Waals surface area (Å²) in [7, 11) is 0. The van der Waals surface area contributed by atoms with Crippen LogP contribution in [0.3, 0.4) is 0 Å². The molecule has 1 heterocycles. The molecule has 0 fully saturated rings. The highest BCUT2D eigenvalue weighted by Crippen LogP contribution is 2.26. The van der Waals surface area contributed by atoms with Gasteiger partial charge >= 0.3 is 0 Å². The molecule has 0 aliphatic heterocycles. The van der Waals surface area contributed by atoms with Gasteiger partial charge in [0.2, 0.25) is 11.0 Å². The van der Waals surface area contributed by atoms with E-state index in [0.29, 0.717) is 5.92 Å². The first kappa shape index (κ1) is 18.2. The number of carbonyl (C=O) groups is 1. The van der Waals surface area contributed by atoms with Crippen LogP contribution in [0.15, 0.2) is 34.7 Å². The second kappa shape index (κ2) is 9.25. The van der Waals surface area contributed by atoms with Crippen molar-refractivity contribution in [2.75, 3.05) is 29.1 Å². The molecule has 1 aromatic heterocycles. The van der Waals surface area contributed by atoms with Gasteiger partial charge in [0.25, 0.3) is 0 Å². The van der Waals surface area contributed by atoms with Crippen LogP contribution in [0.1, 0.15) is 13.8 Å². The number of rotatable bonds is 8. The first-order valence-electron chi connectivity index (χ1n) is 7.52. The number of amides is 1. The topological polar surface area (TPSA) is 81.9 Å². The van der Waals surface area contributed by atoms with Gasteiger partial charge in [0, 0.05) is 12.2 Å². The van der Waals surface area contributed by atoms with Crippen molar-refractivity contribution in [3.8, 4) is 6.07 Å². The molecule has 0 bridgehead atoms. The molecule has 0 saturated carbocycles. The van der Waals surface area contributed by atoms with Crippen molar-refractivity contribution in [1.82, 2.24) is 10.2 Å². The van der Waals surface area contributed by atoms with E-state index >= 15 is 0 Å². The molecular weight excluding hydrogens is 342 g/mol. The minimum atomic E-state index is -0.125. The van der Waals surface area contributed by atoms with Gasteiger partial charge in [0.1, 0.15) is 6.54 Å². The van der Waals surface area contributed by atoms with Crippen molar-refractivity contribution in [2.45, 2.75) is 18.2 Å². The van der Waals surface area contributed by atoms with Crippen LogP contribution in [-0.2, 0) is 4.79 Å². The van der Waals surface area contributed by atoms with Crippen molar-refractivity contribution >= 4 is 39.8 Å². The van der Waals surface area contributed by atoms with Crippen molar-refractivity contribution in [3.05, 3.63) is 30.3 Å². The van der Waals surface area contributed by atoms with Gasteiger partial charge in [-0.1, -0.05) is 55.1 Å². The first-order valence-corrected chi connectivity index (χ1v) is 9.33. The quantitative estimate of drug-likeness (QED) is 0.574. The maximum absolute atomic E-state index is 12.4. The van der Waals surface area contributed by atoms with Gasteiger partial charge in [-0.25, -0.2) is 0 Å². The van der Waals surface area contributed by atoms with Crippen LogP contribution in [0.2, 0.25) is 0 Å². The maximum Gasteiger partial charge on any atom is 0.238 e. The van der Waals surface area contributed by atoms with Crippen LogP contribution < -0.4 is 10.2 Å². The fraction of sp³-hybridized carbons (Fsp3) is 0.375. The van der Waals surface area contributed by atoms with Crippen LogP contribution in [0.5, 0.6) is 0 Å². The lowest BCUT2D eigenvalue weighted by molar-refractivity contribution is -0.116. The fourth-order valence-electron chi connectivity index (χ4n) is 1.83. The molecule has 0 spiro atoms. The lowest BCUT2D eigenvalue weighted by Crippen LogP contribution is -2.32. The minimum absolute atomic E-state index is 0.0285. The summed E-state index contributed by atoms with van der Waals surface area (Å²) in [5, 5.41) is 21.1. The summed E-state index contributed by atoms with van der Waals surface area (Å²) < 4.78 is 0.736. The Morgan fingerprint density at radius 1 is 1.38 bits per heavy atom. The molecule has 6 nitrogen and oxygen atoms in total. The molecule has 0 atom stereocenters. The molecule has 1 amide bonds. The van der Waals surface area contributed by atoms with Crippen LogP contribution in [0.25, 0.3) is 0 Å². The first-order chi connectivity index (χ1) is 11.6. The van der Waals surface area contributed by atoms with Crippen molar-refractivity contribution in [2.24, 2.45) is 5.92 Å². The second-order valence-electron chi connectivity index (χ2n) is 5.41. The summed E-state index contributed by atoms with van der Waals surface area (Å²) in [4.78, 5) is 13.9. The molecule has 0 unspecified atom stereocenters. The van der Waals surface area contributed by atoms with Gasteiger partial charge in [-0.15, -0.1) is 10.2 Å². The third kappa shape index (κ3) is 5.51. The summed E-state index contributed by atoms with van der Waals surface area (Å²) in [5.74, 6) is 0.617. The Balaban J connectivity index is 1.92. The van der Waals surface area contributed by atoms with E-state index in [4.69, 9.17) is 5.26 Å². The van der Waals surface area contributed by atoms with Crippen LogP contribution >= 0.6 is 23.1 Å². The number of nitrogens with zero attached hydrogens (tertiary/aromatic N) is 4. The third-order valence-electron chi connectivity index (χ3n) is 2.98. The molecule has 0 aliphatic carbocycles. The Morgan fingerprint density at radius 3 is 2.79 bits per heavy atom. The molecule has 1 N–H and O–H groups in total. The zero-order valence-electron chi connectivity index (χ0n) is 13.6. The summed E-state index contributed by atoms with van der Waals surface area (Å²) >= 11 is 2.77. The zero-order valence-corrected chi connectivity index (χ0v) is 15.2. The van der Waals surface area contributed by atoms with E-state index in [2.05, 4.69) is 29.4 Å². The number of nitriles is 1. The SMILES string of the molecule is CC(C)CNc1nnc(SCC(=O)N(CC#N)c2ccccc2)s1. The van der Waals surface area contributed by atoms with Gasteiger partial charge in [0.15, 0.2) is 4.34 Å². The maximum atomic E-state index is 12.4. The molecule has 2 aromatic rings. The molecular formula is C16H19N5OS2.